The van der Waals surface area contributed by atoms with Crippen LogP contribution in [0.25, 0.3) is 0 Å². The Hall–Kier alpha value is -2.40. The fourth-order valence-electron chi connectivity index (χ4n) is 2.61. The van der Waals surface area contributed by atoms with E-state index in [1.54, 1.807) is 12.1 Å². The van der Waals surface area contributed by atoms with Crippen LogP contribution in [-0.2, 0) is 17.8 Å². The molecule has 0 aliphatic rings. The zero-order valence-electron chi connectivity index (χ0n) is 15.7. The van der Waals surface area contributed by atoms with Crippen LogP contribution in [0.1, 0.15) is 25.0 Å². The van der Waals surface area contributed by atoms with Crippen molar-refractivity contribution >= 4 is 5.91 Å². The van der Waals surface area contributed by atoms with Gasteiger partial charge in [0.25, 0.3) is 0 Å². The van der Waals surface area contributed by atoms with E-state index in [0.717, 1.165) is 16.9 Å². The number of amides is 1. The van der Waals surface area contributed by atoms with E-state index in [2.05, 4.69) is 5.32 Å². The van der Waals surface area contributed by atoms with E-state index in [1.165, 1.54) is 12.1 Å². The number of benzene rings is 2. The van der Waals surface area contributed by atoms with E-state index < -0.39 is 0 Å². The van der Waals surface area contributed by atoms with E-state index in [1.807, 2.05) is 50.1 Å². The van der Waals surface area contributed by atoms with Crippen molar-refractivity contribution in [1.82, 2.24) is 10.2 Å². The molecule has 0 bridgehead atoms. The third kappa shape index (κ3) is 6.15. The molecule has 0 spiro atoms. The molecule has 2 rings (SSSR count). The molecule has 0 unspecified atom stereocenters. The van der Waals surface area contributed by atoms with E-state index in [-0.39, 0.29) is 17.8 Å². The van der Waals surface area contributed by atoms with Gasteiger partial charge in [0.15, 0.2) is 0 Å². The van der Waals surface area contributed by atoms with Crippen LogP contribution in [-0.4, -0.2) is 37.0 Å². The Balaban J connectivity index is 1.77. The average Bonchev–Trinajstić information content (AvgIpc) is 2.64. The Morgan fingerprint density at radius 1 is 1.12 bits per heavy atom. The summed E-state index contributed by atoms with van der Waals surface area (Å²) in [4.78, 5) is 14.3. The summed E-state index contributed by atoms with van der Waals surface area (Å²) in [7, 11) is 1.93. The van der Waals surface area contributed by atoms with Crippen LogP contribution >= 0.6 is 0 Å². The van der Waals surface area contributed by atoms with Gasteiger partial charge in [-0.05, 0) is 62.7 Å². The lowest BCUT2D eigenvalue weighted by Gasteiger charge is -2.24. The Morgan fingerprint density at radius 2 is 1.73 bits per heavy atom. The normalized spacial score (nSPS) is 12.0. The largest absolute Gasteiger partial charge is 0.494 e. The first-order valence-electron chi connectivity index (χ1n) is 8.93. The smallest absolute Gasteiger partial charge is 0.237 e. The quantitative estimate of drug-likeness (QED) is 0.747. The van der Waals surface area contributed by atoms with Crippen molar-refractivity contribution < 1.29 is 13.9 Å². The van der Waals surface area contributed by atoms with Crippen LogP contribution in [0.3, 0.4) is 0 Å². The molecule has 1 atom stereocenters. The van der Waals surface area contributed by atoms with Crippen LogP contribution in [0, 0.1) is 5.82 Å². The fourth-order valence-corrected chi connectivity index (χ4v) is 2.61. The second kappa shape index (κ2) is 9.92. The summed E-state index contributed by atoms with van der Waals surface area (Å²) < 4.78 is 18.3. The maximum absolute atomic E-state index is 12.9. The Labute approximate surface area is 155 Å². The second-order valence-corrected chi connectivity index (χ2v) is 6.34. The van der Waals surface area contributed by atoms with Gasteiger partial charge in [-0.15, -0.1) is 0 Å². The molecule has 1 amide bonds. The standard InChI is InChI=1S/C21H27FN2O2/c1-4-26-20-11-7-18(8-12-20)15-24(3)16(2)21(25)23-14-13-17-5-9-19(22)10-6-17/h5-12,16H,4,13-15H2,1-3H3,(H,23,25)/t16-/m1/s1. The molecule has 0 saturated carbocycles. The minimum atomic E-state index is -0.248. The molecule has 140 valence electrons. The summed E-state index contributed by atoms with van der Waals surface area (Å²) in [6.07, 6.45) is 0.682. The molecule has 4 nitrogen and oxygen atoms in total. The number of carbonyl (C=O) groups is 1. The molecule has 26 heavy (non-hydrogen) atoms. The van der Waals surface area contributed by atoms with Crippen LogP contribution in [0.2, 0.25) is 0 Å². The lowest BCUT2D eigenvalue weighted by Crippen LogP contribution is -2.43. The van der Waals surface area contributed by atoms with Crippen molar-refractivity contribution in [1.29, 1.82) is 0 Å². The summed E-state index contributed by atoms with van der Waals surface area (Å²) in [6.45, 7) is 5.71. The van der Waals surface area contributed by atoms with E-state index in [0.29, 0.717) is 26.1 Å². The SMILES string of the molecule is CCOc1ccc(CN(C)[C@H](C)C(=O)NCCc2ccc(F)cc2)cc1. The molecule has 5 heteroatoms. The lowest BCUT2D eigenvalue weighted by atomic mass is 10.1. The molecule has 2 aromatic rings. The summed E-state index contributed by atoms with van der Waals surface area (Å²) >= 11 is 0. The number of hydrogen-bond donors (Lipinski definition) is 1. The van der Waals surface area contributed by atoms with Gasteiger partial charge >= 0.3 is 0 Å². The van der Waals surface area contributed by atoms with Gasteiger partial charge in [-0.2, -0.15) is 0 Å². The predicted molar refractivity (Wildman–Crippen MR) is 102 cm³/mol. The molecule has 1 N–H and O–H groups in total. The van der Waals surface area contributed by atoms with Gasteiger partial charge in [0.1, 0.15) is 11.6 Å². The van der Waals surface area contributed by atoms with Gasteiger partial charge in [-0.1, -0.05) is 24.3 Å². The van der Waals surface area contributed by atoms with E-state index >= 15 is 0 Å². The first-order chi connectivity index (χ1) is 12.5. The van der Waals surface area contributed by atoms with Gasteiger partial charge in [0.2, 0.25) is 5.91 Å². The highest BCUT2D eigenvalue weighted by molar-refractivity contribution is 5.81. The third-order valence-electron chi connectivity index (χ3n) is 4.33. The van der Waals surface area contributed by atoms with Crippen molar-refractivity contribution in [2.75, 3.05) is 20.2 Å². The molecular formula is C21H27FN2O2. The molecule has 0 fully saturated rings. The summed E-state index contributed by atoms with van der Waals surface area (Å²) in [5.74, 6) is 0.591. The van der Waals surface area contributed by atoms with Crippen molar-refractivity contribution in [3.05, 3.63) is 65.5 Å². The molecule has 0 heterocycles. The Morgan fingerprint density at radius 3 is 2.35 bits per heavy atom. The third-order valence-corrected chi connectivity index (χ3v) is 4.33. The number of carbonyl (C=O) groups excluding carboxylic acids is 1. The number of rotatable bonds is 9. The molecule has 0 aliphatic heterocycles. The van der Waals surface area contributed by atoms with Crippen LogP contribution in [0.4, 0.5) is 4.39 Å². The zero-order chi connectivity index (χ0) is 18.9. The number of halogens is 1. The Kier molecular flexibility index (Phi) is 7.60. The van der Waals surface area contributed by atoms with Gasteiger partial charge in [0, 0.05) is 13.1 Å². The average molecular weight is 358 g/mol. The predicted octanol–water partition coefficient (Wildman–Crippen LogP) is 3.40. The molecule has 2 aromatic carbocycles. The minimum Gasteiger partial charge on any atom is -0.494 e. The second-order valence-electron chi connectivity index (χ2n) is 6.34. The summed E-state index contributed by atoms with van der Waals surface area (Å²) in [5.41, 5.74) is 2.13. The highest BCUT2D eigenvalue weighted by atomic mass is 19.1. The van der Waals surface area contributed by atoms with Gasteiger partial charge < -0.3 is 10.1 Å². The van der Waals surface area contributed by atoms with Gasteiger partial charge in [-0.3, -0.25) is 9.69 Å². The number of nitrogens with zero attached hydrogens (tertiary/aromatic N) is 1. The molecule has 0 aromatic heterocycles. The molecule has 0 radical (unpaired) electrons. The van der Waals surface area contributed by atoms with Gasteiger partial charge in [-0.25, -0.2) is 4.39 Å². The maximum Gasteiger partial charge on any atom is 0.237 e. The highest BCUT2D eigenvalue weighted by Crippen LogP contribution is 2.14. The maximum atomic E-state index is 12.9. The highest BCUT2D eigenvalue weighted by Gasteiger charge is 2.17. The monoisotopic (exact) mass is 358 g/mol. The lowest BCUT2D eigenvalue weighted by molar-refractivity contribution is -0.125. The summed E-state index contributed by atoms with van der Waals surface area (Å²) in [6, 6.07) is 14.0. The van der Waals surface area contributed by atoms with Crippen molar-refractivity contribution in [3.63, 3.8) is 0 Å². The zero-order valence-corrected chi connectivity index (χ0v) is 15.7. The van der Waals surface area contributed by atoms with Crippen LogP contribution in [0.5, 0.6) is 5.75 Å². The first-order valence-corrected chi connectivity index (χ1v) is 8.93. The van der Waals surface area contributed by atoms with Crippen LogP contribution in [0.15, 0.2) is 48.5 Å². The Bertz CT molecular complexity index is 686. The molecule has 0 aliphatic carbocycles. The molecular weight excluding hydrogens is 331 g/mol. The number of hydrogen-bond acceptors (Lipinski definition) is 3. The minimum absolute atomic E-state index is 0.0134. The first kappa shape index (κ1) is 19.9. The van der Waals surface area contributed by atoms with Crippen molar-refractivity contribution in [3.8, 4) is 5.75 Å². The summed E-state index contributed by atoms with van der Waals surface area (Å²) in [5, 5.41) is 2.94. The van der Waals surface area contributed by atoms with Crippen molar-refractivity contribution in [2.24, 2.45) is 0 Å². The van der Waals surface area contributed by atoms with Crippen LogP contribution < -0.4 is 10.1 Å². The van der Waals surface area contributed by atoms with E-state index in [4.69, 9.17) is 4.74 Å². The molecule has 0 saturated heterocycles. The number of likely N-dealkylation sites (N-methyl/N-ethyl adjacent to an activating group) is 1. The number of nitrogens with one attached hydrogen (secondary N) is 1. The number of ether oxygens (including phenoxy) is 1. The topological polar surface area (TPSA) is 41.6 Å². The fraction of sp³-hybridized carbons (Fsp3) is 0.381. The van der Waals surface area contributed by atoms with Crippen molar-refractivity contribution in [2.45, 2.75) is 32.9 Å². The van der Waals surface area contributed by atoms with Gasteiger partial charge in [0.05, 0.1) is 12.6 Å². The van der Waals surface area contributed by atoms with E-state index in [9.17, 15) is 9.18 Å².